The van der Waals surface area contributed by atoms with Gasteiger partial charge in [0.25, 0.3) is 0 Å². The molecule has 0 saturated heterocycles. The maximum absolute atomic E-state index is 13.0. The quantitative estimate of drug-likeness (QED) is 0.535. The van der Waals surface area contributed by atoms with Crippen LogP contribution in [-0.2, 0) is 16.1 Å². The molecule has 0 atom stereocenters. The van der Waals surface area contributed by atoms with Gasteiger partial charge in [-0.05, 0) is 51.1 Å². The number of nitrogens with zero attached hydrogens (tertiary/aromatic N) is 3. The Balaban J connectivity index is 2.21. The molecule has 0 fully saturated rings. The number of hydrogen-bond acceptors (Lipinski definition) is 5. The normalized spacial score (nSPS) is 10.8. The second kappa shape index (κ2) is 9.63. The second-order valence-corrected chi connectivity index (χ2v) is 7.06. The summed E-state index contributed by atoms with van der Waals surface area (Å²) in [5.74, 6) is -0.591. The number of likely N-dealkylation sites (N-methyl/N-ethyl adjacent to an activating group) is 1. The third kappa shape index (κ3) is 4.41. The van der Waals surface area contributed by atoms with E-state index in [9.17, 15) is 9.59 Å². The molecule has 30 heavy (non-hydrogen) atoms. The van der Waals surface area contributed by atoms with E-state index in [1.54, 1.807) is 53.0 Å². The number of hydrogen-bond donors (Lipinski definition) is 1. The van der Waals surface area contributed by atoms with E-state index in [1.807, 2.05) is 19.9 Å². The number of benzene rings is 1. The molecule has 0 aliphatic rings. The van der Waals surface area contributed by atoms with Crippen molar-refractivity contribution in [3.8, 4) is 0 Å². The highest BCUT2D eigenvalue weighted by Crippen LogP contribution is 2.35. The van der Waals surface area contributed by atoms with Crippen LogP contribution in [0.5, 0.6) is 0 Å². The van der Waals surface area contributed by atoms with Crippen molar-refractivity contribution in [1.82, 2.24) is 14.5 Å². The minimum Gasteiger partial charge on any atom is -0.461 e. The van der Waals surface area contributed by atoms with Gasteiger partial charge in [0.05, 0.1) is 17.8 Å². The lowest BCUT2D eigenvalue weighted by Gasteiger charge is -2.20. The summed E-state index contributed by atoms with van der Waals surface area (Å²) in [5, 5.41) is 4.58. The van der Waals surface area contributed by atoms with Gasteiger partial charge in [-0.2, -0.15) is 0 Å². The molecule has 0 unspecified atom stereocenters. The second-order valence-electron chi connectivity index (χ2n) is 6.62. The molecule has 0 aliphatic carbocycles. The number of pyridine rings is 1. The van der Waals surface area contributed by atoms with Crippen LogP contribution < -0.4 is 5.32 Å². The van der Waals surface area contributed by atoms with E-state index in [2.05, 4.69) is 10.3 Å². The minimum absolute atomic E-state index is 0.00466. The molecular formula is C22H25ClN4O3. The van der Waals surface area contributed by atoms with Gasteiger partial charge in [0.15, 0.2) is 5.69 Å². The first-order valence-corrected chi connectivity index (χ1v) is 10.3. The molecule has 0 spiro atoms. The van der Waals surface area contributed by atoms with Crippen LogP contribution >= 0.6 is 11.6 Å². The van der Waals surface area contributed by atoms with Crippen molar-refractivity contribution in [3.63, 3.8) is 0 Å². The number of esters is 1. The molecule has 0 bridgehead atoms. The number of amides is 1. The molecule has 2 heterocycles. The molecule has 2 aromatic heterocycles. The van der Waals surface area contributed by atoms with E-state index >= 15 is 0 Å². The summed E-state index contributed by atoms with van der Waals surface area (Å²) in [6.07, 6.45) is 3.32. The molecule has 158 valence electrons. The van der Waals surface area contributed by atoms with Gasteiger partial charge in [-0.15, -0.1) is 0 Å². The summed E-state index contributed by atoms with van der Waals surface area (Å²) >= 11 is 6.25. The van der Waals surface area contributed by atoms with Crippen molar-refractivity contribution in [3.05, 3.63) is 53.4 Å². The Morgan fingerprint density at radius 3 is 2.47 bits per heavy atom. The Bertz CT molecular complexity index is 1050. The van der Waals surface area contributed by atoms with Gasteiger partial charge in [0, 0.05) is 41.6 Å². The van der Waals surface area contributed by atoms with Crippen LogP contribution in [0.15, 0.2) is 42.7 Å². The maximum Gasteiger partial charge on any atom is 0.357 e. The first kappa shape index (κ1) is 21.6. The molecule has 1 N–H and O–H groups in total. The zero-order valence-corrected chi connectivity index (χ0v) is 18.1. The summed E-state index contributed by atoms with van der Waals surface area (Å²) in [6, 6.07) is 8.95. The van der Waals surface area contributed by atoms with E-state index in [-0.39, 0.29) is 24.8 Å². The molecule has 8 heteroatoms. The third-order valence-electron chi connectivity index (χ3n) is 4.85. The highest BCUT2D eigenvalue weighted by atomic mass is 35.5. The van der Waals surface area contributed by atoms with E-state index in [1.165, 1.54) is 0 Å². The van der Waals surface area contributed by atoms with Crippen molar-refractivity contribution in [2.24, 2.45) is 0 Å². The SMILES string of the molecule is CCOC(=O)c1c(Nc2ccncc2)c2ccc(Cl)cc2n1CC(=O)N(CC)CC. The smallest absolute Gasteiger partial charge is 0.357 e. The largest absolute Gasteiger partial charge is 0.461 e. The molecule has 0 saturated carbocycles. The molecule has 3 rings (SSSR count). The highest BCUT2D eigenvalue weighted by Gasteiger charge is 2.26. The summed E-state index contributed by atoms with van der Waals surface area (Å²) < 4.78 is 7.02. The summed E-state index contributed by atoms with van der Waals surface area (Å²) in [5.41, 5.74) is 2.30. The predicted octanol–water partition coefficient (Wildman–Crippen LogP) is 4.48. The number of rotatable bonds is 8. The standard InChI is InChI=1S/C22H25ClN4O3/c1-4-26(5-2)19(28)14-27-18-13-15(23)7-8-17(18)20(21(27)22(29)30-6-3)25-16-9-11-24-12-10-16/h7-13H,4-6,14H2,1-3H3,(H,24,25). The summed E-state index contributed by atoms with van der Waals surface area (Å²) in [7, 11) is 0. The number of fused-ring (bicyclic) bond motifs is 1. The first-order valence-electron chi connectivity index (χ1n) is 9.93. The third-order valence-corrected chi connectivity index (χ3v) is 5.09. The van der Waals surface area contributed by atoms with Gasteiger partial charge < -0.3 is 19.5 Å². The number of aromatic nitrogens is 2. The zero-order valence-electron chi connectivity index (χ0n) is 17.3. The number of halogens is 1. The van der Waals surface area contributed by atoms with Crippen LogP contribution in [0.3, 0.4) is 0 Å². The van der Waals surface area contributed by atoms with Gasteiger partial charge in [-0.1, -0.05) is 11.6 Å². The Morgan fingerprint density at radius 2 is 1.83 bits per heavy atom. The topological polar surface area (TPSA) is 76.5 Å². The number of nitrogens with one attached hydrogen (secondary N) is 1. The Labute approximate surface area is 180 Å². The fourth-order valence-corrected chi connectivity index (χ4v) is 3.58. The number of anilines is 2. The fourth-order valence-electron chi connectivity index (χ4n) is 3.42. The van der Waals surface area contributed by atoms with Crippen LogP contribution in [0.1, 0.15) is 31.3 Å². The minimum atomic E-state index is -0.506. The summed E-state index contributed by atoms with van der Waals surface area (Å²) in [6.45, 7) is 7.00. The van der Waals surface area contributed by atoms with E-state index in [4.69, 9.17) is 16.3 Å². The Kier molecular flexibility index (Phi) is 6.95. The lowest BCUT2D eigenvalue weighted by Crippen LogP contribution is -2.34. The average molecular weight is 429 g/mol. The van der Waals surface area contributed by atoms with E-state index in [0.29, 0.717) is 29.3 Å². The Morgan fingerprint density at radius 1 is 1.13 bits per heavy atom. The molecule has 7 nitrogen and oxygen atoms in total. The van der Waals surface area contributed by atoms with Gasteiger partial charge >= 0.3 is 5.97 Å². The zero-order chi connectivity index (χ0) is 21.7. The highest BCUT2D eigenvalue weighted by molar-refractivity contribution is 6.31. The van der Waals surface area contributed by atoms with E-state index < -0.39 is 5.97 Å². The van der Waals surface area contributed by atoms with Gasteiger partial charge in [-0.25, -0.2) is 4.79 Å². The van der Waals surface area contributed by atoms with Crippen molar-refractivity contribution in [2.45, 2.75) is 27.3 Å². The average Bonchev–Trinajstić information content (AvgIpc) is 3.02. The maximum atomic E-state index is 13.0. The summed E-state index contributed by atoms with van der Waals surface area (Å²) in [4.78, 5) is 31.6. The molecular weight excluding hydrogens is 404 g/mol. The van der Waals surface area contributed by atoms with Crippen molar-refractivity contribution >= 4 is 45.8 Å². The van der Waals surface area contributed by atoms with Crippen LogP contribution in [0.4, 0.5) is 11.4 Å². The number of ether oxygens (including phenoxy) is 1. The molecule has 1 amide bonds. The van der Waals surface area contributed by atoms with Gasteiger partial charge in [0.1, 0.15) is 6.54 Å². The predicted molar refractivity (Wildman–Crippen MR) is 118 cm³/mol. The van der Waals surface area contributed by atoms with Crippen molar-refractivity contribution in [2.75, 3.05) is 25.0 Å². The number of carbonyl (C=O) groups excluding carboxylic acids is 2. The van der Waals surface area contributed by atoms with Crippen molar-refractivity contribution < 1.29 is 14.3 Å². The van der Waals surface area contributed by atoms with Crippen LogP contribution in [-0.4, -0.2) is 46.0 Å². The Hall–Kier alpha value is -3.06. The van der Waals surface area contributed by atoms with Crippen LogP contribution in [0.25, 0.3) is 10.9 Å². The fraction of sp³-hybridized carbons (Fsp3) is 0.318. The lowest BCUT2D eigenvalue weighted by molar-refractivity contribution is -0.131. The van der Waals surface area contributed by atoms with Crippen molar-refractivity contribution in [1.29, 1.82) is 0 Å². The molecule has 0 aliphatic heterocycles. The van der Waals surface area contributed by atoms with Crippen LogP contribution in [0.2, 0.25) is 5.02 Å². The lowest BCUT2D eigenvalue weighted by atomic mass is 10.2. The molecule has 0 radical (unpaired) electrons. The van der Waals surface area contributed by atoms with E-state index in [0.717, 1.165) is 11.1 Å². The van der Waals surface area contributed by atoms with Gasteiger partial charge in [0.2, 0.25) is 5.91 Å². The number of carbonyl (C=O) groups is 2. The first-order chi connectivity index (χ1) is 14.5. The monoisotopic (exact) mass is 428 g/mol. The molecule has 3 aromatic rings. The van der Waals surface area contributed by atoms with Gasteiger partial charge in [-0.3, -0.25) is 9.78 Å². The molecule has 1 aromatic carbocycles. The van der Waals surface area contributed by atoms with Crippen LogP contribution in [0, 0.1) is 0 Å².